The summed E-state index contributed by atoms with van der Waals surface area (Å²) in [7, 11) is -2.38. The van der Waals surface area contributed by atoms with Crippen LogP contribution >= 0.6 is 24.8 Å². The molecule has 0 saturated heterocycles. The highest BCUT2D eigenvalue weighted by atomic mass is 35.5. The number of hydrogen-bond donors (Lipinski definition) is 2. The molecular weight excluding hydrogens is 878 g/mol. The number of sulfone groups is 1. The van der Waals surface area contributed by atoms with Gasteiger partial charge >= 0.3 is 12.1 Å². The molecule has 63 heavy (non-hydrogen) atoms. The van der Waals surface area contributed by atoms with Crippen LogP contribution in [0.25, 0.3) is 16.8 Å². The lowest BCUT2D eigenvalue weighted by Gasteiger charge is -2.22. The molecule has 0 aliphatic rings. The monoisotopic (exact) mass is 930 g/mol. The van der Waals surface area contributed by atoms with Crippen molar-refractivity contribution in [3.05, 3.63) is 102 Å². The second-order valence-corrected chi connectivity index (χ2v) is 17.1. The van der Waals surface area contributed by atoms with Crippen LogP contribution in [-0.4, -0.2) is 79.4 Å². The van der Waals surface area contributed by atoms with E-state index >= 15 is 0 Å². The molecule has 3 atom stereocenters. The van der Waals surface area contributed by atoms with Crippen LogP contribution in [0, 0.1) is 17.7 Å². The van der Waals surface area contributed by atoms with Crippen molar-refractivity contribution in [2.75, 3.05) is 31.6 Å². The number of ketones is 2. The van der Waals surface area contributed by atoms with E-state index in [4.69, 9.17) is 25.7 Å². The van der Waals surface area contributed by atoms with E-state index in [0.29, 0.717) is 25.0 Å². The second kappa shape index (κ2) is 23.3. The number of amides is 1. The highest BCUT2D eigenvalue weighted by molar-refractivity contribution is 7.90. The lowest BCUT2D eigenvalue weighted by Crippen LogP contribution is -2.36. The van der Waals surface area contributed by atoms with Crippen molar-refractivity contribution < 1.29 is 46.2 Å². The molecule has 0 aliphatic heterocycles. The van der Waals surface area contributed by atoms with Gasteiger partial charge in [0, 0.05) is 42.8 Å². The molecule has 15 nitrogen and oxygen atoms in total. The van der Waals surface area contributed by atoms with Crippen molar-refractivity contribution in [3.8, 4) is 16.9 Å². The average Bonchev–Trinajstić information content (AvgIpc) is 3.65. The summed E-state index contributed by atoms with van der Waals surface area (Å²) >= 11 is 0. The minimum Gasteiger partial charge on any atom is -0.495 e. The zero-order chi connectivity index (χ0) is 44.4. The number of nitrogens with two attached hydrogens (primary N) is 2. The van der Waals surface area contributed by atoms with Gasteiger partial charge in [-0.3, -0.25) is 14.4 Å². The van der Waals surface area contributed by atoms with Gasteiger partial charge in [0.25, 0.3) is 5.95 Å². The molecule has 0 unspecified atom stereocenters. The maximum atomic E-state index is 13.9. The number of esters is 1. The summed E-state index contributed by atoms with van der Waals surface area (Å²) in [6.07, 6.45) is 3.50. The van der Waals surface area contributed by atoms with Crippen LogP contribution in [0.2, 0.25) is 0 Å². The first-order valence-corrected chi connectivity index (χ1v) is 21.6. The summed E-state index contributed by atoms with van der Waals surface area (Å²) in [6, 6.07) is 19.9. The first-order chi connectivity index (χ1) is 29.0. The first kappa shape index (κ1) is 51.9. The van der Waals surface area contributed by atoms with Crippen LogP contribution in [-0.2, 0) is 40.1 Å². The Morgan fingerprint density at radius 3 is 2.16 bits per heavy atom. The number of halogens is 3. The van der Waals surface area contributed by atoms with Gasteiger partial charge in [-0.25, -0.2) is 27.0 Å². The topological polar surface area (TPSA) is 216 Å². The third-order valence-electron chi connectivity index (χ3n) is 10.3. The van der Waals surface area contributed by atoms with Crippen LogP contribution in [0.3, 0.4) is 0 Å². The number of rotatable bonds is 20. The lowest BCUT2D eigenvalue weighted by molar-refractivity contribution is -0.159. The van der Waals surface area contributed by atoms with E-state index in [0.717, 1.165) is 39.8 Å². The van der Waals surface area contributed by atoms with Crippen molar-refractivity contribution in [1.29, 1.82) is 0 Å². The van der Waals surface area contributed by atoms with Crippen molar-refractivity contribution >= 4 is 75.6 Å². The van der Waals surface area contributed by atoms with E-state index in [1.54, 1.807) is 51.2 Å². The number of aromatic nitrogens is 3. The number of anilines is 2. The van der Waals surface area contributed by atoms with E-state index < -0.39 is 46.6 Å². The normalized spacial score (nSPS) is 12.7. The van der Waals surface area contributed by atoms with Gasteiger partial charge in [0.1, 0.15) is 23.1 Å². The van der Waals surface area contributed by atoms with Crippen LogP contribution in [0.5, 0.6) is 5.75 Å². The summed E-state index contributed by atoms with van der Waals surface area (Å²) < 4.78 is 55.9. The molecular formula is C44H53Cl2FN6O9S. The van der Waals surface area contributed by atoms with Gasteiger partial charge in [0.05, 0.1) is 29.7 Å². The molecule has 0 saturated carbocycles. The third-order valence-corrected chi connectivity index (χ3v) is 11.4. The number of carbonyl (C=O) groups excluding carboxylic acids is 4. The van der Waals surface area contributed by atoms with Crippen LogP contribution < -0.4 is 21.1 Å². The Labute approximate surface area is 378 Å². The summed E-state index contributed by atoms with van der Waals surface area (Å²) in [4.78, 5) is 58.4. The van der Waals surface area contributed by atoms with Gasteiger partial charge < -0.3 is 25.7 Å². The largest absolute Gasteiger partial charge is 0.495 e. The van der Waals surface area contributed by atoms with Crippen molar-refractivity contribution in [2.45, 2.75) is 69.7 Å². The smallest absolute Gasteiger partial charge is 0.424 e. The van der Waals surface area contributed by atoms with E-state index in [1.807, 2.05) is 24.3 Å². The van der Waals surface area contributed by atoms with Crippen molar-refractivity contribution in [1.82, 2.24) is 14.6 Å². The number of hydrogen-bond acceptors (Lipinski definition) is 13. The quantitative estimate of drug-likeness (QED) is 0.0450. The molecule has 0 aliphatic carbocycles. The Bertz CT molecular complexity index is 2470. The number of Topliss-reactive ketones (excluding diaryl/α,β-unsaturated/α-hetero) is 2. The molecule has 0 spiro atoms. The highest BCUT2D eigenvalue weighted by Crippen LogP contribution is 2.36. The number of methoxy groups -OCH3 is 1. The standard InChI is InChI=1S/C44H51FN6O9S.2ClH/c1-27(2)35(24-39(53)36(47)8-6-7-21-46)42(54)59-26-60-44(55)51(37-19-18-34(61(5,56)57)23-40(37)58-4)43-48-41-20-15-32(25-50(41)49-43)31-11-9-29(10-12-31)22-38(52)28(3)30-13-16-33(45)17-14-30;;/h9-20,23,25,27-28,35-36H,6-8,21-22,24,26,46-47H2,1-5H3;2*1H/t28-,35+,36+;;/m1../s1. The fourth-order valence-corrected chi connectivity index (χ4v) is 7.18. The molecule has 2 heterocycles. The summed E-state index contributed by atoms with van der Waals surface area (Å²) in [6.45, 7) is 4.96. The first-order valence-electron chi connectivity index (χ1n) is 19.7. The summed E-state index contributed by atoms with van der Waals surface area (Å²) in [5, 5.41) is 4.55. The molecule has 0 fully saturated rings. The molecule has 5 rings (SSSR count). The van der Waals surface area contributed by atoms with Gasteiger partial charge in [-0.2, -0.15) is 4.98 Å². The molecule has 4 N–H and O–H groups in total. The average molecular weight is 932 g/mol. The van der Waals surface area contributed by atoms with Crippen LogP contribution in [0.1, 0.15) is 63.5 Å². The molecule has 5 aromatic rings. The van der Waals surface area contributed by atoms with Gasteiger partial charge in [-0.1, -0.05) is 63.6 Å². The summed E-state index contributed by atoms with van der Waals surface area (Å²) in [5.74, 6) is -3.19. The Balaban J connectivity index is 0.00000528. The molecule has 1 amide bonds. The fourth-order valence-electron chi connectivity index (χ4n) is 6.54. The molecule has 0 bridgehead atoms. The second-order valence-electron chi connectivity index (χ2n) is 15.1. The Kier molecular flexibility index (Phi) is 19.2. The zero-order valence-electron chi connectivity index (χ0n) is 35.6. The SMILES string of the molecule is COc1cc(S(C)(=O)=O)ccc1N(C(=O)OCOC(=O)[C@@H](CC(=O)[C@@H](N)CCCCN)C(C)C)c1nc2ccc(-c3ccc(CC(=O)[C@H](C)c4ccc(F)cc4)cc3)cn2n1.Cl.Cl. The molecule has 0 radical (unpaired) electrons. The lowest BCUT2D eigenvalue weighted by atomic mass is 9.88. The number of fused-ring (bicyclic) bond motifs is 1. The predicted octanol–water partition coefficient (Wildman–Crippen LogP) is 7.17. The highest BCUT2D eigenvalue weighted by Gasteiger charge is 2.31. The number of pyridine rings is 1. The number of carbonyl (C=O) groups is 4. The number of ether oxygens (including phenoxy) is 3. The maximum Gasteiger partial charge on any atom is 0.424 e. The molecule has 19 heteroatoms. The van der Waals surface area contributed by atoms with E-state index in [1.165, 1.54) is 42.0 Å². The third kappa shape index (κ3) is 13.5. The minimum atomic E-state index is -3.67. The Hall–Kier alpha value is -5.46. The Morgan fingerprint density at radius 1 is 0.873 bits per heavy atom. The number of nitrogens with zero attached hydrogens (tertiary/aromatic N) is 4. The molecule has 3 aromatic carbocycles. The Morgan fingerprint density at radius 2 is 1.54 bits per heavy atom. The number of benzene rings is 3. The van der Waals surface area contributed by atoms with Gasteiger partial charge in [0.2, 0.25) is 6.79 Å². The predicted molar refractivity (Wildman–Crippen MR) is 241 cm³/mol. The zero-order valence-corrected chi connectivity index (χ0v) is 38.0. The van der Waals surface area contributed by atoms with Crippen molar-refractivity contribution in [2.24, 2.45) is 23.3 Å². The van der Waals surface area contributed by atoms with Crippen LogP contribution in [0.15, 0.2) is 90.0 Å². The summed E-state index contributed by atoms with van der Waals surface area (Å²) in [5.41, 5.74) is 15.0. The van der Waals surface area contributed by atoms with Crippen LogP contribution in [0.4, 0.5) is 20.8 Å². The maximum absolute atomic E-state index is 13.9. The van der Waals surface area contributed by atoms with Gasteiger partial charge in [0.15, 0.2) is 15.5 Å². The number of unbranched alkanes of at least 4 members (excludes halogenated alkanes) is 1. The van der Waals surface area contributed by atoms with E-state index in [-0.39, 0.29) is 83.2 Å². The molecule has 2 aromatic heterocycles. The van der Waals surface area contributed by atoms with Gasteiger partial charge in [-0.15, -0.1) is 29.9 Å². The molecule has 340 valence electrons. The van der Waals surface area contributed by atoms with E-state index in [2.05, 4.69) is 10.1 Å². The minimum absolute atomic E-state index is 0. The van der Waals surface area contributed by atoms with Crippen molar-refractivity contribution in [3.63, 3.8) is 0 Å². The van der Waals surface area contributed by atoms with E-state index in [9.17, 15) is 32.0 Å². The van der Waals surface area contributed by atoms with Gasteiger partial charge in [-0.05, 0) is 78.4 Å². The fraction of sp³-hybridized carbons (Fsp3) is 0.364.